The van der Waals surface area contributed by atoms with E-state index in [4.69, 9.17) is 8.84 Å². The summed E-state index contributed by atoms with van der Waals surface area (Å²) in [6.45, 7) is 13.2. The quantitative estimate of drug-likeness (QED) is 0.461. The van der Waals surface area contributed by atoms with Gasteiger partial charge in [-0.25, -0.2) is 4.98 Å². The summed E-state index contributed by atoms with van der Waals surface area (Å²) < 4.78 is 12.1. The SMILES string of the molecule is Cc1oc(-c2ccc(O[Si](C)(C)C(C)(C)C)cc2)nc1CCBr. The number of alkyl halides is 1. The van der Waals surface area contributed by atoms with Gasteiger partial charge in [0, 0.05) is 17.3 Å². The Balaban J connectivity index is 2.18. The molecule has 23 heavy (non-hydrogen) atoms. The van der Waals surface area contributed by atoms with Gasteiger partial charge in [0.05, 0.1) is 5.69 Å². The first-order chi connectivity index (χ1) is 10.6. The standard InChI is InChI=1S/C18H26BrNO2Si/c1-13-16(11-12-19)20-17(21-13)14-7-9-15(10-8-14)22-23(5,6)18(2,3)4/h7-10H,11-12H2,1-6H3. The Bertz CT molecular complexity index is 657. The second-order valence-corrected chi connectivity index (χ2v) is 12.9. The molecule has 0 bridgehead atoms. The lowest BCUT2D eigenvalue weighted by atomic mass is 10.2. The average molecular weight is 396 g/mol. The molecule has 1 heterocycles. The van der Waals surface area contributed by atoms with Gasteiger partial charge in [-0.2, -0.15) is 0 Å². The van der Waals surface area contributed by atoms with E-state index in [9.17, 15) is 0 Å². The van der Waals surface area contributed by atoms with Gasteiger partial charge in [0.15, 0.2) is 0 Å². The summed E-state index contributed by atoms with van der Waals surface area (Å²) in [4.78, 5) is 4.58. The van der Waals surface area contributed by atoms with Gasteiger partial charge in [-0.05, 0) is 49.3 Å². The van der Waals surface area contributed by atoms with Crippen LogP contribution in [0.15, 0.2) is 28.7 Å². The molecule has 0 aliphatic rings. The molecular formula is C18H26BrNO2Si. The maximum Gasteiger partial charge on any atom is 0.250 e. The molecule has 0 aliphatic carbocycles. The van der Waals surface area contributed by atoms with E-state index < -0.39 is 8.32 Å². The fourth-order valence-electron chi connectivity index (χ4n) is 1.99. The molecule has 2 aromatic rings. The van der Waals surface area contributed by atoms with Crippen molar-refractivity contribution in [1.29, 1.82) is 0 Å². The number of benzene rings is 1. The molecule has 1 aromatic carbocycles. The van der Waals surface area contributed by atoms with Crippen molar-refractivity contribution < 1.29 is 8.84 Å². The van der Waals surface area contributed by atoms with Crippen molar-refractivity contribution in [2.75, 3.05) is 5.33 Å². The van der Waals surface area contributed by atoms with Crippen molar-refractivity contribution in [1.82, 2.24) is 4.98 Å². The molecule has 0 spiro atoms. The summed E-state index contributed by atoms with van der Waals surface area (Å²) in [5.41, 5.74) is 2.00. The van der Waals surface area contributed by atoms with Crippen molar-refractivity contribution >= 4 is 24.2 Å². The Morgan fingerprint density at radius 3 is 2.30 bits per heavy atom. The van der Waals surface area contributed by atoms with Crippen LogP contribution in [-0.2, 0) is 6.42 Å². The predicted octanol–water partition coefficient (Wildman–Crippen LogP) is 5.97. The monoisotopic (exact) mass is 395 g/mol. The van der Waals surface area contributed by atoms with Crippen LogP contribution >= 0.6 is 15.9 Å². The minimum absolute atomic E-state index is 0.190. The second-order valence-electron chi connectivity index (χ2n) is 7.35. The number of aryl methyl sites for hydroxylation is 2. The van der Waals surface area contributed by atoms with E-state index in [1.54, 1.807) is 0 Å². The zero-order valence-corrected chi connectivity index (χ0v) is 17.5. The van der Waals surface area contributed by atoms with Gasteiger partial charge in [0.2, 0.25) is 14.2 Å². The van der Waals surface area contributed by atoms with Crippen LogP contribution in [0.25, 0.3) is 11.5 Å². The topological polar surface area (TPSA) is 35.3 Å². The van der Waals surface area contributed by atoms with Crippen LogP contribution in [0.3, 0.4) is 0 Å². The predicted molar refractivity (Wildman–Crippen MR) is 102 cm³/mol. The van der Waals surface area contributed by atoms with Crippen LogP contribution in [0.5, 0.6) is 5.75 Å². The van der Waals surface area contributed by atoms with Crippen molar-refractivity contribution in [2.45, 2.75) is 52.2 Å². The van der Waals surface area contributed by atoms with Crippen LogP contribution in [0.4, 0.5) is 0 Å². The number of halogens is 1. The number of hydrogen-bond donors (Lipinski definition) is 0. The molecule has 0 amide bonds. The third kappa shape index (κ3) is 4.26. The van der Waals surface area contributed by atoms with E-state index >= 15 is 0 Å². The largest absolute Gasteiger partial charge is 0.544 e. The highest BCUT2D eigenvalue weighted by Crippen LogP contribution is 2.37. The summed E-state index contributed by atoms with van der Waals surface area (Å²) in [7, 11) is -1.80. The summed E-state index contributed by atoms with van der Waals surface area (Å²) in [6.07, 6.45) is 0.877. The third-order valence-electron chi connectivity index (χ3n) is 4.50. The van der Waals surface area contributed by atoms with Crippen LogP contribution in [0, 0.1) is 6.92 Å². The fourth-order valence-corrected chi connectivity index (χ4v) is 3.39. The van der Waals surface area contributed by atoms with E-state index in [1.807, 2.05) is 31.2 Å². The molecule has 0 N–H and O–H groups in total. The summed E-state index contributed by atoms with van der Waals surface area (Å²) >= 11 is 3.44. The number of nitrogens with zero attached hydrogens (tertiary/aromatic N) is 1. The Labute approximate surface area is 148 Å². The molecular weight excluding hydrogens is 370 g/mol. The van der Waals surface area contributed by atoms with E-state index in [0.717, 1.165) is 34.5 Å². The Kier molecular flexibility index (Phi) is 5.41. The minimum atomic E-state index is -1.80. The van der Waals surface area contributed by atoms with E-state index in [2.05, 4.69) is 54.8 Å². The maximum absolute atomic E-state index is 6.31. The highest BCUT2D eigenvalue weighted by molar-refractivity contribution is 9.09. The molecule has 5 heteroatoms. The van der Waals surface area contributed by atoms with Gasteiger partial charge in [-0.15, -0.1) is 0 Å². The smallest absolute Gasteiger partial charge is 0.250 e. The van der Waals surface area contributed by atoms with Crippen molar-refractivity contribution in [2.24, 2.45) is 0 Å². The van der Waals surface area contributed by atoms with Crippen LogP contribution in [0.1, 0.15) is 32.2 Å². The summed E-state index contributed by atoms with van der Waals surface area (Å²) in [5.74, 6) is 2.49. The highest BCUT2D eigenvalue weighted by atomic mass is 79.9. The third-order valence-corrected chi connectivity index (χ3v) is 9.26. The first kappa shape index (κ1) is 18.3. The van der Waals surface area contributed by atoms with Crippen molar-refractivity contribution in [3.63, 3.8) is 0 Å². The molecule has 2 rings (SSSR count). The highest BCUT2D eigenvalue weighted by Gasteiger charge is 2.38. The van der Waals surface area contributed by atoms with E-state index in [0.29, 0.717) is 5.89 Å². The van der Waals surface area contributed by atoms with Gasteiger partial charge >= 0.3 is 0 Å². The van der Waals surface area contributed by atoms with Gasteiger partial charge in [0.1, 0.15) is 11.5 Å². The zero-order chi connectivity index (χ0) is 17.3. The van der Waals surface area contributed by atoms with Gasteiger partial charge < -0.3 is 8.84 Å². The summed E-state index contributed by atoms with van der Waals surface area (Å²) in [6, 6.07) is 8.07. The lowest BCUT2D eigenvalue weighted by molar-refractivity contribution is 0.492. The molecule has 0 aliphatic heterocycles. The first-order valence-corrected chi connectivity index (χ1v) is 12.0. The Morgan fingerprint density at radius 2 is 1.78 bits per heavy atom. The van der Waals surface area contributed by atoms with Crippen molar-refractivity contribution in [3.8, 4) is 17.2 Å². The zero-order valence-electron chi connectivity index (χ0n) is 14.9. The Hall–Kier alpha value is -1.07. The molecule has 0 atom stereocenters. The number of aromatic nitrogens is 1. The first-order valence-electron chi connectivity index (χ1n) is 7.96. The van der Waals surface area contributed by atoms with Crippen molar-refractivity contribution in [3.05, 3.63) is 35.7 Å². The molecule has 0 unspecified atom stereocenters. The Morgan fingerprint density at radius 1 is 1.17 bits per heavy atom. The van der Waals surface area contributed by atoms with Gasteiger partial charge in [-0.3, -0.25) is 0 Å². The normalized spacial score (nSPS) is 12.5. The van der Waals surface area contributed by atoms with E-state index in [-0.39, 0.29) is 5.04 Å². The molecule has 1 aromatic heterocycles. The minimum Gasteiger partial charge on any atom is -0.544 e. The van der Waals surface area contributed by atoms with Gasteiger partial charge in [-0.1, -0.05) is 36.7 Å². The fraction of sp³-hybridized carbons (Fsp3) is 0.500. The average Bonchev–Trinajstić information content (AvgIpc) is 2.80. The van der Waals surface area contributed by atoms with Crippen LogP contribution in [0.2, 0.25) is 18.1 Å². The number of hydrogen-bond acceptors (Lipinski definition) is 3. The molecule has 0 radical (unpaired) electrons. The summed E-state index contributed by atoms with van der Waals surface area (Å²) in [5, 5.41) is 1.08. The van der Waals surface area contributed by atoms with Crippen LogP contribution < -0.4 is 4.43 Å². The molecule has 3 nitrogen and oxygen atoms in total. The van der Waals surface area contributed by atoms with Gasteiger partial charge in [0.25, 0.3) is 0 Å². The van der Waals surface area contributed by atoms with Crippen LogP contribution in [-0.4, -0.2) is 18.6 Å². The molecule has 0 fully saturated rings. The molecule has 0 saturated heterocycles. The number of oxazole rings is 1. The number of rotatable bonds is 5. The maximum atomic E-state index is 6.31. The molecule has 0 saturated carbocycles. The van der Waals surface area contributed by atoms with E-state index in [1.165, 1.54) is 0 Å². The lowest BCUT2D eigenvalue weighted by Gasteiger charge is -2.36. The molecule has 126 valence electrons. The second kappa shape index (κ2) is 6.81. The lowest BCUT2D eigenvalue weighted by Crippen LogP contribution is -2.43.